The molecule has 2 heterocycles. The summed E-state index contributed by atoms with van der Waals surface area (Å²) in [6.45, 7) is 7.23. The van der Waals surface area contributed by atoms with Crippen LogP contribution >= 0.6 is 11.6 Å². The highest BCUT2D eigenvalue weighted by Crippen LogP contribution is 2.27. The molecule has 1 aliphatic rings. The van der Waals surface area contributed by atoms with Crippen molar-refractivity contribution in [1.82, 2.24) is 15.3 Å². The fraction of sp³-hybridized carbons (Fsp3) is 0.480. The number of fused-ring (bicyclic) bond motifs is 1. The molecule has 3 aromatic rings. The monoisotopic (exact) mass is 425 g/mol. The first-order valence-corrected chi connectivity index (χ1v) is 11.5. The normalized spacial score (nSPS) is 15.0. The van der Waals surface area contributed by atoms with Gasteiger partial charge in [-0.1, -0.05) is 24.4 Å². The van der Waals surface area contributed by atoms with Crippen molar-refractivity contribution in [3.63, 3.8) is 0 Å². The topological polar surface area (TPSA) is 49.9 Å². The molecule has 0 atom stereocenters. The lowest BCUT2D eigenvalue weighted by Crippen LogP contribution is -2.27. The number of ether oxygens (including phenoxy) is 1. The number of rotatable bonds is 8. The van der Waals surface area contributed by atoms with Crippen LogP contribution in [-0.4, -0.2) is 23.1 Å². The molecule has 5 heteroatoms. The number of hydrogen-bond donors (Lipinski definition) is 2. The Hall–Kier alpha value is -2.04. The van der Waals surface area contributed by atoms with Crippen LogP contribution in [0.4, 0.5) is 0 Å². The summed E-state index contributed by atoms with van der Waals surface area (Å²) in [5, 5.41) is 4.17. The maximum absolute atomic E-state index is 5.95. The Balaban J connectivity index is 1.42. The molecule has 0 radical (unpaired) electrons. The van der Waals surface area contributed by atoms with Crippen LogP contribution < -0.4 is 10.1 Å². The third-order valence-corrected chi connectivity index (χ3v) is 6.66. The van der Waals surface area contributed by atoms with Crippen LogP contribution in [0.2, 0.25) is 5.02 Å². The van der Waals surface area contributed by atoms with Gasteiger partial charge in [0.1, 0.15) is 18.2 Å². The summed E-state index contributed by atoms with van der Waals surface area (Å²) in [6.07, 6.45) is 7.66. The van der Waals surface area contributed by atoms with E-state index in [0.29, 0.717) is 11.6 Å². The zero-order valence-electron chi connectivity index (χ0n) is 18.1. The second kappa shape index (κ2) is 9.84. The van der Waals surface area contributed by atoms with E-state index >= 15 is 0 Å². The van der Waals surface area contributed by atoms with Gasteiger partial charge in [-0.15, -0.1) is 0 Å². The summed E-state index contributed by atoms with van der Waals surface area (Å²) in [5.74, 6) is 2.57. The predicted molar refractivity (Wildman–Crippen MR) is 125 cm³/mol. The third kappa shape index (κ3) is 5.16. The lowest BCUT2D eigenvalue weighted by atomic mass is 9.91. The molecule has 0 amide bonds. The van der Waals surface area contributed by atoms with Crippen molar-refractivity contribution in [2.24, 2.45) is 5.92 Å². The van der Waals surface area contributed by atoms with Gasteiger partial charge in [0.15, 0.2) is 0 Å². The van der Waals surface area contributed by atoms with Gasteiger partial charge >= 0.3 is 0 Å². The molecule has 160 valence electrons. The summed E-state index contributed by atoms with van der Waals surface area (Å²) in [5.41, 5.74) is 6.31. The second-order valence-corrected chi connectivity index (χ2v) is 8.99. The van der Waals surface area contributed by atoms with E-state index in [-0.39, 0.29) is 0 Å². The summed E-state index contributed by atoms with van der Waals surface area (Å²) in [4.78, 5) is 8.36. The molecule has 0 unspecified atom stereocenters. The van der Waals surface area contributed by atoms with Crippen LogP contribution in [0.1, 0.15) is 54.6 Å². The highest BCUT2D eigenvalue weighted by atomic mass is 35.5. The fourth-order valence-electron chi connectivity index (χ4n) is 4.47. The van der Waals surface area contributed by atoms with Crippen LogP contribution in [0.3, 0.4) is 0 Å². The molecule has 1 aliphatic heterocycles. The van der Waals surface area contributed by atoms with Gasteiger partial charge in [-0.3, -0.25) is 0 Å². The van der Waals surface area contributed by atoms with Gasteiger partial charge in [0, 0.05) is 5.02 Å². The number of nitrogens with one attached hydrogen (secondary N) is 2. The number of nitrogens with zero attached hydrogens (tertiary/aromatic N) is 1. The lowest BCUT2D eigenvalue weighted by molar-refractivity contribution is 0.297. The van der Waals surface area contributed by atoms with Crippen LogP contribution in [0, 0.1) is 19.8 Å². The van der Waals surface area contributed by atoms with Crippen LogP contribution in [0.15, 0.2) is 30.3 Å². The maximum Gasteiger partial charge on any atom is 0.146 e. The van der Waals surface area contributed by atoms with Crippen molar-refractivity contribution < 1.29 is 4.74 Å². The van der Waals surface area contributed by atoms with E-state index in [4.69, 9.17) is 21.3 Å². The zero-order chi connectivity index (χ0) is 20.9. The Kier molecular flexibility index (Phi) is 6.96. The van der Waals surface area contributed by atoms with Crippen molar-refractivity contribution in [3.8, 4) is 5.75 Å². The van der Waals surface area contributed by atoms with Gasteiger partial charge in [0.05, 0.1) is 11.0 Å². The standard InChI is InChI=1S/C25H32ClN3O/c1-17-15-23-25(29-24(28-23)16-30-21-9-7-20(26)8-10-21)22(18(17)2)6-4-3-5-19-11-13-27-14-12-19/h7-10,15,19,27H,3-6,11-14,16H2,1-2H3,(H,28,29). The third-order valence-electron chi connectivity index (χ3n) is 6.41. The van der Waals surface area contributed by atoms with Gasteiger partial charge in [0.25, 0.3) is 0 Å². The van der Waals surface area contributed by atoms with Gasteiger partial charge < -0.3 is 15.0 Å². The van der Waals surface area contributed by atoms with Gasteiger partial charge in [0.2, 0.25) is 0 Å². The quantitative estimate of drug-likeness (QED) is 0.427. The molecule has 0 spiro atoms. The molecule has 4 rings (SSSR count). The second-order valence-electron chi connectivity index (χ2n) is 8.56. The molecular formula is C25H32ClN3O. The minimum atomic E-state index is 0.420. The van der Waals surface area contributed by atoms with Crippen molar-refractivity contribution in [1.29, 1.82) is 0 Å². The van der Waals surface area contributed by atoms with E-state index in [1.807, 2.05) is 24.3 Å². The van der Waals surface area contributed by atoms with Gasteiger partial charge in [-0.2, -0.15) is 0 Å². The number of hydrogen-bond acceptors (Lipinski definition) is 3. The van der Waals surface area contributed by atoms with Crippen molar-refractivity contribution in [2.45, 2.75) is 59.0 Å². The number of halogens is 1. The number of piperidine rings is 1. The van der Waals surface area contributed by atoms with Crippen LogP contribution in [0.25, 0.3) is 11.0 Å². The molecule has 2 N–H and O–H groups in total. The fourth-order valence-corrected chi connectivity index (χ4v) is 4.60. The smallest absolute Gasteiger partial charge is 0.146 e. The van der Waals surface area contributed by atoms with E-state index in [0.717, 1.165) is 34.9 Å². The number of aromatic amines is 1. The minimum absolute atomic E-state index is 0.420. The van der Waals surface area contributed by atoms with E-state index in [2.05, 4.69) is 30.2 Å². The molecule has 1 fully saturated rings. The summed E-state index contributed by atoms with van der Waals surface area (Å²) in [7, 11) is 0. The molecule has 0 aliphatic carbocycles. The Morgan fingerprint density at radius 1 is 1.10 bits per heavy atom. The number of aromatic nitrogens is 2. The zero-order valence-corrected chi connectivity index (χ0v) is 18.8. The van der Waals surface area contributed by atoms with Crippen molar-refractivity contribution in [3.05, 3.63) is 57.9 Å². The minimum Gasteiger partial charge on any atom is -0.486 e. The van der Waals surface area contributed by atoms with Gasteiger partial charge in [-0.05, 0) is 106 Å². The number of benzene rings is 2. The average Bonchev–Trinajstić information content (AvgIpc) is 3.16. The molecule has 1 aromatic heterocycles. The van der Waals surface area contributed by atoms with Crippen LogP contribution in [0.5, 0.6) is 5.75 Å². The maximum atomic E-state index is 5.95. The SMILES string of the molecule is Cc1cc2[nH]c(COc3ccc(Cl)cc3)nc2c(CCCCC2CCNCC2)c1C. The molecule has 2 aromatic carbocycles. The van der Waals surface area contributed by atoms with Gasteiger partial charge in [-0.25, -0.2) is 4.98 Å². The Labute approximate surface area is 184 Å². The number of imidazole rings is 1. The highest BCUT2D eigenvalue weighted by molar-refractivity contribution is 6.30. The molecule has 1 saturated heterocycles. The summed E-state index contributed by atoms with van der Waals surface area (Å²) < 4.78 is 5.89. The first-order valence-electron chi connectivity index (χ1n) is 11.2. The Bertz CT molecular complexity index is 974. The molecular weight excluding hydrogens is 394 g/mol. The molecule has 0 bridgehead atoms. The Morgan fingerprint density at radius 3 is 2.63 bits per heavy atom. The predicted octanol–water partition coefficient (Wildman–Crippen LogP) is 6.12. The molecule has 4 nitrogen and oxygen atoms in total. The highest BCUT2D eigenvalue weighted by Gasteiger charge is 2.15. The molecule has 0 saturated carbocycles. The lowest BCUT2D eigenvalue weighted by Gasteiger charge is -2.22. The molecule has 30 heavy (non-hydrogen) atoms. The van der Waals surface area contributed by atoms with E-state index < -0.39 is 0 Å². The first-order chi connectivity index (χ1) is 14.6. The first kappa shape index (κ1) is 21.2. The number of unbranched alkanes of at least 4 members (excludes halogenated alkanes) is 1. The Morgan fingerprint density at radius 2 is 1.87 bits per heavy atom. The number of H-pyrrole nitrogens is 1. The summed E-state index contributed by atoms with van der Waals surface area (Å²) in [6, 6.07) is 9.65. The summed E-state index contributed by atoms with van der Waals surface area (Å²) >= 11 is 5.95. The van der Waals surface area contributed by atoms with Crippen molar-refractivity contribution >= 4 is 22.6 Å². The average molecular weight is 426 g/mol. The number of aryl methyl sites for hydroxylation is 2. The van der Waals surface area contributed by atoms with E-state index in [9.17, 15) is 0 Å². The van der Waals surface area contributed by atoms with Crippen molar-refractivity contribution in [2.75, 3.05) is 13.1 Å². The van der Waals surface area contributed by atoms with E-state index in [1.165, 1.54) is 61.9 Å². The van der Waals surface area contributed by atoms with E-state index in [1.54, 1.807) is 0 Å². The van der Waals surface area contributed by atoms with Crippen LogP contribution in [-0.2, 0) is 13.0 Å². The largest absolute Gasteiger partial charge is 0.486 e.